The van der Waals surface area contributed by atoms with Crippen LogP contribution < -0.4 is 16.6 Å². The van der Waals surface area contributed by atoms with E-state index in [1.807, 2.05) is 13.1 Å². The number of aromatic nitrogens is 5. The number of nitrogens with one attached hydrogen (secondary N) is 1. The van der Waals surface area contributed by atoms with Crippen molar-refractivity contribution < 1.29 is 0 Å². The highest BCUT2D eigenvalue weighted by Crippen LogP contribution is 2.16. The largest absolute Gasteiger partial charge is 0.383 e. The first kappa shape index (κ1) is 18.1. The highest BCUT2D eigenvalue weighted by molar-refractivity contribution is 5.75. The summed E-state index contributed by atoms with van der Waals surface area (Å²) in [5.74, 6) is 0.661. The summed E-state index contributed by atoms with van der Waals surface area (Å²) >= 11 is 0. The summed E-state index contributed by atoms with van der Waals surface area (Å²) in [6.07, 6.45) is 2.92. The Morgan fingerprint density at radius 3 is 2.46 bits per heavy atom. The van der Waals surface area contributed by atoms with Gasteiger partial charge in [-0.25, -0.2) is 4.79 Å². The molecule has 4 rings (SSSR count). The van der Waals surface area contributed by atoms with Gasteiger partial charge in [-0.05, 0) is 31.0 Å². The standard InChI is InChI=1S/C20H24N6O2/c1-5-14-6-8-15(9-7-14)21-10-11-25-13(2)12-26-16-17(22-19(25)26)23(3)20(28)24(4)18(16)27/h6-9,12,21H,5,10-11H2,1-4H3. The molecule has 28 heavy (non-hydrogen) atoms. The van der Waals surface area contributed by atoms with Crippen LogP contribution in [0.15, 0.2) is 40.1 Å². The number of anilines is 1. The lowest BCUT2D eigenvalue weighted by atomic mass is 10.1. The van der Waals surface area contributed by atoms with Crippen molar-refractivity contribution in [2.75, 3.05) is 11.9 Å². The molecule has 0 aliphatic rings. The molecule has 146 valence electrons. The zero-order valence-corrected chi connectivity index (χ0v) is 16.6. The zero-order valence-electron chi connectivity index (χ0n) is 16.6. The van der Waals surface area contributed by atoms with Crippen molar-refractivity contribution in [3.05, 3.63) is 62.6 Å². The Hall–Kier alpha value is -3.29. The molecular weight excluding hydrogens is 356 g/mol. The van der Waals surface area contributed by atoms with E-state index in [0.717, 1.165) is 28.9 Å². The van der Waals surface area contributed by atoms with E-state index >= 15 is 0 Å². The number of benzene rings is 1. The van der Waals surface area contributed by atoms with Crippen LogP contribution in [0.2, 0.25) is 0 Å². The lowest BCUT2D eigenvalue weighted by Gasteiger charge is -2.09. The van der Waals surface area contributed by atoms with Crippen LogP contribution in [-0.4, -0.2) is 29.6 Å². The molecule has 0 spiro atoms. The van der Waals surface area contributed by atoms with Crippen molar-refractivity contribution in [1.29, 1.82) is 0 Å². The van der Waals surface area contributed by atoms with E-state index < -0.39 is 0 Å². The van der Waals surface area contributed by atoms with Crippen molar-refractivity contribution in [2.45, 2.75) is 26.8 Å². The van der Waals surface area contributed by atoms with Crippen molar-refractivity contribution in [3.8, 4) is 0 Å². The first-order chi connectivity index (χ1) is 13.4. The maximum absolute atomic E-state index is 12.6. The SMILES string of the molecule is CCc1ccc(NCCn2c(C)cn3c4c(=O)n(C)c(=O)n(C)c4nc23)cc1. The summed E-state index contributed by atoms with van der Waals surface area (Å²) in [4.78, 5) is 29.4. The fourth-order valence-corrected chi connectivity index (χ4v) is 3.58. The van der Waals surface area contributed by atoms with E-state index in [1.54, 1.807) is 11.4 Å². The van der Waals surface area contributed by atoms with Crippen LogP contribution in [0.5, 0.6) is 0 Å². The number of aryl methyl sites for hydroxylation is 3. The first-order valence-corrected chi connectivity index (χ1v) is 9.39. The van der Waals surface area contributed by atoms with E-state index in [1.165, 1.54) is 17.2 Å². The van der Waals surface area contributed by atoms with Gasteiger partial charge in [0.2, 0.25) is 5.78 Å². The molecule has 8 nitrogen and oxygen atoms in total. The minimum atomic E-state index is -0.376. The third-order valence-corrected chi connectivity index (χ3v) is 5.28. The fraction of sp³-hybridized carbons (Fsp3) is 0.350. The van der Waals surface area contributed by atoms with Crippen molar-refractivity contribution in [3.63, 3.8) is 0 Å². The predicted molar refractivity (Wildman–Crippen MR) is 110 cm³/mol. The molecule has 3 heterocycles. The van der Waals surface area contributed by atoms with Gasteiger partial charge in [-0.3, -0.25) is 18.3 Å². The predicted octanol–water partition coefficient (Wildman–Crippen LogP) is 1.67. The lowest BCUT2D eigenvalue weighted by molar-refractivity contribution is 0.706. The summed E-state index contributed by atoms with van der Waals surface area (Å²) in [7, 11) is 3.12. The zero-order chi connectivity index (χ0) is 20.0. The van der Waals surface area contributed by atoms with Gasteiger partial charge in [-0.1, -0.05) is 19.1 Å². The molecule has 0 saturated heterocycles. The molecule has 0 aliphatic heterocycles. The van der Waals surface area contributed by atoms with E-state index in [4.69, 9.17) is 0 Å². The van der Waals surface area contributed by atoms with Gasteiger partial charge in [-0.2, -0.15) is 4.98 Å². The quantitative estimate of drug-likeness (QED) is 0.571. The molecule has 1 N–H and O–H groups in total. The van der Waals surface area contributed by atoms with Crippen LogP contribution in [0.3, 0.4) is 0 Å². The Morgan fingerprint density at radius 1 is 1.07 bits per heavy atom. The average Bonchev–Trinajstić information content (AvgIpc) is 3.21. The molecule has 1 aromatic carbocycles. The molecule has 0 atom stereocenters. The summed E-state index contributed by atoms with van der Waals surface area (Å²) in [6.45, 7) is 5.54. The third-order valence-electron chi connectivity index (χ3n) is 5.28. The van der Waals surface area contributed by atoms with Gasteiger partial charge in [0, 0.05) is 44.8 Å². The molecule has 4 aromatic rings. The van der Waals surface area contributed by atoms with Gasteiger partial charge >= 0.3 is 5.69 Å². The maximum Gasteiger partial charge on any atom is 0.332 e. The van der Waals surface area contributed by atoms with E-state index in [2.05, 4.69) is 46.1 Å². The second-order valence-electron chi connectivity index (χ2n) is 7.06. The first-order valence-electron chi connectivity index (χ1n) is 9.39. The highest BCUT2D eigenvalue weighted by atomic mass is 16.2. The van der Waals surface area contributed by atoms with Crippen LogP contribution in [0.1, 0.15) is 18.2 Å². The van der Waals surface area contributed by atoms with Crippen LogP contribution in [0.4, 0.5) is 5.69 Å². The Bertz CT molecular complexity index is 1290. The summed E-state index contributed by atoms with van der Waals surface area (Å²) < 4.78 is 6.36. The topological polar surface area (TPSA) is 78.3 Å². The van der Waals surface area contributed by atoms with Crippen molar-refractivity contribution >= 4 is 22.6 Å². The molecule has 0 aliphatic carbocycles. The van der Waals surface area contributed by atoms with Crippen molar-refractivity contribution in [2.24, 2.45) is 14.1 Å². The summed E-state index contributed by atoms with van der Waals surface area (Å²) in [5, 5.41) is 3.42. The minimum absolute atomic E-state index is 0.336. The van der Waals surface area contributed by atoms with Gasteiger partial charge in [-0.15, -0.1) is 0 Å². The Morgan fingerprint density at radius 2 is 1.79 bits per heavy atom. The van der Waals surface area contributed by atoms with Crippen molar-refractivity contribution in [1.82, 2.24) is 23.1 Å². The van der Waals surface area contributed by atoms with Gasteiger partial charge in [0.25, 0.3) is 5.56 Å². The number of fused-ring (bicyclic) bond motifs is 3. The lowest BCUT2D eigenvalue weighted by Crippen LogP contribution is -2.37. The molecule has 0 unspecified atom stereocenters. The average molecular weight is 380 g/mol. The summed E-state index contributed by atoms with van der Waals surface area (Å²) in [6, 6.07) is 8.42. The highest BCUT2D eigenvalue weighted by Gasteiger charge is 2.18. The van der Waals surface area contributed by atoms with Crippen LogP contribution >= 0.6 is 0 Å². The van der Waals surface area contributed by atoms with Gasteiger partial charge in [0.05, 0.1) is 0 Å². The molecule has 0 amide bonds. The Kier molecular flexibility index (Phi) is 4.33. The number of nitrogens with zero attached hydrogens (tertiary/aromatic N) is 5. The molecular formula is C20H24N6O2. The molecule has 0 bridgehead atoms. The Labute approximate surface area is 161 Å². The molecule has 8 heteroatoms. The van der Waals surface area contributed by atoms with Crippen LogP contribution in [-0.2, 0) is 27.1 Å². The van der Waals surface area contributed by atoms with Gasteiger partial charge < -0.3 is 9.88 Å². The van der Waals surface area contributed by atoms with E-state index in [9.17, 15) is 9.59 Å². The number of hydrogen-bond donors (Lipinski definition) is 1. The van der Waals surface area contributed by atoms with Gasteiger partial charge in [0.15, 0.2) is 11.2 Å². The van der Waals surface area contributed by atoms with Crippen LogP contribution in [0, 0.1) is 6.92 Å². The van der Waals surface area contributed by atoms with E-state index in [-0.39, 0.29) is 11.2 Å². The molecule has 3 aromatic heterocycles. The second-order valence-corrected chi connectivity index (χ2v) is 7.06. The smallest absolute Gasteiger partial charge is 0.332 e. The van der Waals surface area contributed by atoms with E-state index in [0.29, 0.717) is 23.5 Å². The number of rotatable bonds is 5. The molecule has 0 fully saturated rings. The fourth-order valence-electron chi connectivity index (χ4n) is 3.58. The third kappa shape index (κ3) is 2.72. The molecule has 0 saturated carbocycles. The molecule has 0 radical (unpaired) electrons. The monoisotopic (exact) mass is 380 g/mol. The van der Waals surface area contributed by atoms with Crippen LogP contribution in [0.25, 0.3) is 16.9 Å². The second kappa shape index (κ2) is 6.70. The minimum Gasteiger partial charge on any atom is -0.383 e. The number of hydrogen-bond acceptors (Lipinski definition) is 4. The summed E-state index contributed by atoms with van der Waals surface area (Å²) in [5.41, 5.74) is 3.50. The van der Waals surface area contributed by atoms with Gasteiger partial charge in [0.1, 0.15) is 0 Å². The number of imidazole rings is 2. The maximum atomic E-state index is 12.6. The Balaban J connectivity index is 1.68. The normalized spacial score (nSPS) is 11.6.